The third-order valence-electron chi connectivity index (χ3n) is 2.74. The maximum absolute atomic E-state index is 5.58. The highest BCUT2D eigenvalue weighted by atomic mass is 16.5. The van der Waals surface area contributed by atoms with E-state index in [2.05, 4.69) is 37.8 Å². The van der Waals surface area contributed by atoms with Crippen molar-refractivity contribution in [2.24, 2.45) is 5.92 Å². The Bertz CT molecular complexity index is 341. The minimum absolute atomic E-state index is 0.00593. The topological polar surface area (TPSA) is 48.2 Å². The van der Waals surface area contributed by atoms with Crippen LogP contribution in [0.2, 0.25) is 0 Å². The first-order valence-corrected chi connectivity index (χ1v) is 5.44. The van der Waals surface area contributed by atoms with Crippen LogP contribution in [0.15, 0.2) is 4.52 Å². The Balaban J connectivity index is 2.20. The Morgan fingerprint density at radius 1 is 1.33 bits per heavy atom. The average Bonchev–Trinajstić information content (AvgIpc) is 2.69. The van der Waals surface area contributed by atoms with Gasteiger partial charge in [-0.1, -0.05) is 32.9 Å². The Morgan fingerprint density at radius 3 is 2.53 bits per heavy atom. The molecular weight excluding hydrogens is 192 g/mol. The van der Waals surface area contributed by atoms with E-state index in [-0.39, 0.29) is 11.5 Å². The second kappa shape index (κ2) is 3.59. The summed E-state index contributed by atoms with van der Waals surface area (Å²) in [5.74, 6) is 1.85. The van der Waals surface area contributed by atoms with E-state index in [9.17, 15) is 0 Å². The van der Waals surface area contributed by atoms with Crippen LogP contribution in [0.25, 0.3) is 0 Å². The monoisotopic (exact) mass is 210 g/mol. The van der Waals surface area contributed by atoms with Crippen molar-refractivity contribution in [3.8, 4) is 0 Å². The molecule has 0 aliphatic carbocycles. The molecule has 4 nitrogen and oxygen atoms in total. The quantitative estimate of drug-likeness (QED) is 0.714. The molecule has 0 unspecified atom stereocenters. The van der Waals surface area contributed by atoms with Crippen molar-refractivity contribution >= 4 is 0 Å². The molecule has 84 valence electrons. The maximum Gasteiger partial charge on any atom is 0.256 e. The second-order valence-corrected chi connectivity index (χ2v) is 5.26. The van der Waals surface area contributed by atoms with Crippen LogP contribution in [-0.4, -0.2) is 16.7 Å². The summed E-state index contributed by atoms with van der Waals surface area (Å²) < 4.78 is 10.8. The molecule has 1 aliphatic heterocycles. The van der Waals surface area contributed by atoms with Crippen molar-refractivity contribution in [3.05, 3.63) is 11.7 Å². The molecule has 1 aromatic heterocycles. The van der Waals surface area contributed by atoms with Crippen LogP contribution in [0.3, 0.4) is 0 Å². The number of nitrogens with zero attached hydrogens (tertiary/aromatic N) is 2. The SMILES string of the molecule is C[C@H]1CCO[C@@H]1c1nc(C(C)(C)C)no1. The number of rotatable bonds is 1. The summed E-state index contributed by atoms with van der Waals surface area (Å²) in [5.41, 5.74) is -0.0659. The van der Waals surface area contributed by atoms with Gasteiger partial charge in [0.1, 0.15) is 6.10 Å². The molecule has 1 aromatic rings. The lowest BCUT2D eigenvalue weighted by Gasteiger charge is -2.11. The molecule has 1 fully saturated rings. The zero-order chi connectivity index (χ0) is 11.1. The molecule has 0 saturated carbocycles. The normalized spacial score (nSPS) is 27.2. The van der Waals surface area contributed by atoms with E-state index >= 15 is 0 Å². The predicted molar refractivity (Wildman–Crippen MR) is 55.5 cm³/mol. The third kappa shape index (κ3) is 2.04. The minimum atomic E-state index is -0.0659. The fraction of sp³-hybridized carbons (Fsp3) is 0.818. The van der Waals surface area contributed by atoms with Crippen molar-refractivity contribution in [2.75, 3.05) is 6.61 Å². The van der Waals surface area contributed by atoms with Gasteiger partial charge in [0, 0.05) is 12.0 Å². The maximum atomic E-state index is 5.58. The number of hydrogen-bond donors (Lipinski definition) is 0. The lowest BCUT2D eigenvalue weighted by molar-refractivity contribution is 0.0661. The standard InChI is InChI=1S/C11H18N2O2/c1-7-5-6-14-8(7)9-12-10(13-15-9)11(2,3)4/h7-8H,5-6H2,1-4H3/t7-,8-/m0/s1. The van der Waals surface area contributed by atoms with Gasteiger partial charge >= 0.3 is 0 Å². The Morgan fingerprint density at radius 2 is 2.07 bits per heavy atom. The van der Waals surface area contributed by atoms with E-state index in [1.807, 2.05) is 0 Å². The van der Waals surface area contributed by atoms with E-state index in [4.69, 9.17) is 9.26 Å². The van der Waals surface area contributed by atoms with E-state index in [1.165, 1.54) is 0 Å². The van der Waals surface area contributed by atoms with Gasteiger partial charge in [0.2, 0.25) is 0 Å². The molecule has 4 heteroatoms. The van der Waals surface area contributed by atoms with Gasteiger partial charge in [0.25, 0.3) is 5.89 Å². The summed E-state index contributed by atoms with van der Waals surface area (Å²) in [7, 11) is 0. The van der Waals surface area contributed by atoms with Gasteiger partial charge in [-0.25, -0.2) is 0 Å². The summed E-state index contributed by atoms with van der Waals surface area (Å²) in [6.45, 7) is 9.15. The number of hydrogen-bond acceptors (Lipinski definition) is 4. The van der Waals surface area contributed by atoms with Crippen molar-refractivity contribution in [3.63, 3.8) is 0 Å². The van der Waals surface area contributed by atoms with Gasteiger partial charge in [-0.05, 0) is 12.3 Å². The predicted octanol–water partition coefficient (Wildman–Crippen LogP) is 2.46. The zero-order valence-electron chi connectivity index (χ0n) is 9.78. The van der Waals surface area contributed by atoms with E-state index in [0.717, 1.165) is 18.9 Å². The highest BCUT2D eigenvalue weighted by molar-refractivity contribution is 5.02. The van der Waals surface area contributed by atoms with Crippen LogP contribution >= 0.6 is 0 Å². The average molecular weight is 210 g/mol. The lowest BCUT2D eigenvalue weighted by Crippen LogP contribution is -2.14. The lowest BCUT2D eigenvalue weighted by atomic mass is 9.96. The van der Waals surface area contributed by atoms with Crippen LogP contribution in [0.4, 0.5) is 0 Å². The zero-order valence-corrected chi connectivity index (χ0v) is 9.78. The summed E-state index contributed by atoms with van der Waals surface area (Å²) in [5, 5.41) is 4.00. The van der Waals surface area contributed by atoms with Gasteiger partial charge in [-0.2, -0.15) is 4.98 Å². The summed E-state index contributed by atoms with van der Waals surface area (Å²) in [4.78, 5) is 4.41. The van der Waals surface area contributed by atoms with Gasteiger partial charge < -0.3 is 9.26 Å². The number of aromatic nitrogens is 2. The van der Waals surface area contributed by atoms with Crippen LogP contribution < -0.4 is 0 Å². The van der Waals surface area contributed by atoms with Gasteiger partial charge in [0.15, 0.2) is 5.82 Å². The molecule has 2 atom stereocenters. The van der Waals surface area contributed by atoms with Crippen LogP contribution in [0, 0.1) is 5.92 Å². The van der Waals surface area contributed by atoms with Crippen molar-refractivity contribution in [2.45, 2.75) is 45.6 Å². The molecular formula is C11H18N2O2. The molecule has 2 rings (SSSR count). The molecule has 2 heterocycles. The molecule has 1 saturated heterocycles. The van der Waals surface area contributed by atoms with E-state index in [0.29, 0.717) is 11.8 Å². The number of ether oxygens (including phenoxy) is 1. The van der Waals surface area contributed by atoms with Gasteiger partial charge in [-0.15, -0.1) is 0 Å². The molecule has 0 amide bonds. The largest absolute Gasteiger partial charge is 0.368 e. The highest BCUT2D eigenvalue weighted by Gasteiger charge is 2.32. The van der Waals surface area contributed by atoms with Gasteiger partial charge in [0.05, 0.1) is 0 Å². The van der Waals surface area contributed by atoms with Crippen LogP contribution in [0.1, 0.15) is 51.9 Å². The Kier molecular flexibility index (Phi) is 2.54. The fourth-order valence-corrected chi connectivity index (χ4v) is 1.67. The Labute approximate surface area is 90.0 Å². The smallest absolute Gasteiger partial charge is 0.256 e. The first kappa shape index (κ1) is 10.6. The minimum Gasteiger partial charge on any atom is -0.368 e. The third-order valence-corrected chi connectivity index (χ3v) is 2.74. The summed E-state index contributed by atoms with van der Waals surface area (Å²) in [6, 6.07) is 0. The molecule has 0 spiro atoms. The molecule has 0 N–H and O–H groups in total. The van der Waals surface area contributed by atoms with Crippen molar-refractivity contribution < 1.29 is 9.26 Å². The second-order valence-electron chi connectivity index (χ2n) is 5.26. The Hall–Kier alpha value is -0.900. The molecule has 0 radical (unpaired) electrons. The van der Waals surface area contributed by atoms with Gasteiger partial charge in [-0.3, -0.25) is 0 Å². The van der Waals surface area contributed by atoms with Crippen LogP contribution in [-0.2, 0) is 10.2 Å². The van der Waals surface area contributed by atoms with Crippen molar-refractivity contribution in [1.82, 2.24) is 10.1 Å². The highest BCUT2D eigenvalue weighted by Crippen LogP contribution is 2.33. The fourth-order valence-electron chi connectivity index (χ4n) is 1.67. The molecule has 0 aromatic carbocycles. The van der Waals surface area contributed by atoms with E-state index < -0.39 is 0 Å². The molecule has 15 heavy (non-hydrogen) atoms. The van der Waals surface area contributed by atoms with Crippen molar-refractivity contribution in [1.29, 1.82) is 0 Å². The summed E-state index contributed by atoms with van der Waals surface area (Å²) >= 11 is 0. The summed E-state index contributed by atoms with van der Waals surface area (Å²) in [6.07, 6.45) is 1.06. The molecule has 1 aliphatic rings. The van der Waals surface area contributed by atoms with E-state index in [1.54, 1.807) is 0 Å². The first-order chi connectivity index (χ1) is 6.98. The first-order valence-electron chi connectivity index (χ1n) is 5.44. The van der Waals surface area contributed by atoms with Crippen LogP contribution in [0.5, 0.6) is 0 Å². The molecule has 0 bridgehead atoms.